The first kappa shape index (κ1) is 12.9. The van der Waals surface area contributed by atoms with Crippen LogP contribution in [0.15, 0.2) is 0 Å². The highest BCUT2D eigenvalue weighted by Gasteiger charge is 1.99. The van der Waals surface area contributed by atoms with Crippen LogP contribution in [0, 0.1) is 0 Å². The molecule has 0 radical (unpaired) electrons. The van der Waals surface area contributed by atoms with E-state index in [0.29, 0.717) is 6.04 Å². The third kappa shape index (κ3) is 9.84. The first-order chi connectivity index (χ1) is 6.31. The minimum Gasteiger partial charge on any atom is -0.327 e. The van der Waals surface area contributed by atoms with Gasteiger partial charge < -0.3 is 11.1 Å². The van der Waals surface area contributed by atoms with Crippen LogP contribution in [0.2, 0.25) is 0 Å². The lowest BCUT2D eigenvalue weighted by Crippen LogP contribution is -2.34. The first-order valence-corrected chi connectivity index (χ1v) is 5.77. The summed E-state index contributed by atoms with van der Waals surface area (Å²) in [6, 6.07) is 0.363. The summed E-state index contributed by atoms with van der Waals surface area (Å²) in [6.45, 7) is 6.56. The molecule has 80 valence electrons. The maximum absolute atomic E-state index is 5.91. The fraction of sp³-hybridized carbons (Fsp3) is 1.00. The lowest BCUT2D eigenvalue weighted by Gasteiger charge is -2.11. The van der Waals surface area contributed by atoms with Crippen molar-refractivity contribution in [2.75, 3.05) is 13.1 Å². The second-order valence-corrected chi connectivity index (χ2v) is 3.81. The number of hydrogen-bond donors (Lipinski definition) is 2. The lowest BCUT2D eigenvalue weighted by molar-refractivity contribution is 0.514. The Bertz CT molecular complexity index is 94.1. The predicted octanol–water partition coefficient (Wildman–Crippen LogP) is 2.28. The zero-order chi connectivity index (χ0) is 9.94. The zero-order valence-electron chi connectivity index (χ0n) is 9.31. The Hall–Kier alpha value is -0.0800. The van der Waals surface area contributed by atoms with Crippen molar-refractivity contribution in [2.45, 2.75) is 58.4 Å². The van der Waals surface area contributed by atoms with Crippen molar-refractivity contribution in [1.29, 1.82) is 0 Å². The molecule has 0 heterocycles. The zero-order valence-corrected chi connectivity index (χ0v) is 9.31. The molecule has 1 atom stereocenters. The van der Waals surface area contributed by atoms with E-state index in [4.69, 9.17) is 5.73 Å². The van der Waals surface area contributed by atoms with E-state index in [0.717, 1.165) is 19.5 Å². The van der Waals surface area contributed by atoms with Crippen molar-refractivity contribution < 1.29 is 0 Å². The predicted molar refractivity (Wildman–Crippen MR) is 59.9 cm³/mol. The number of unbranched alkanes of at least 4 members (excludes halogenated alkanes) is 3. The molecule has 0 saturated carbocycles. The molecule has 0 amide bonds. The second kappa shape index (κ2) is 10.0. The molecule has 2 heteroatoms. The Kier molecular flexibility index (Phi) is 9.94. The second-order valence-electron chi connectivity index (χ2n) is 3.81. The Balaban J connectivity index is 3.03. The van der Waals surface area contributed by atoms with Crippen LogP contribution in [0.3, 0.4) is 0 Å². The summed E-state index contributed by atoms with van der Waals surface area (Å²) < 4.78 is 0. The van der Waals surface area contributed by atoms with E-state index in [1.54, 1.807) is 0 Å². The normalized spacial score (nSPS) is 13.2. The summed E-state index contributed by atoms with van der Waals surface area (Å²) in [5.41, 5.74) is 5.91. The third-order valence-electron chi connectivity index (χ3n) is 2.29. The van der Waals surface area contributed by atoms with Crippen molar-refractivity contribution in [3.8, 4) is 0 Å². The standard InChI is InChI=1S/C11H26N2/c1-3-5-7-9-13-10-11(12)8-6-4-2/h11,13H,3-10,12H2,1-2H3. The number of rotatable bonds is 9. The summed E-state index contributed by atoms with van der Waals surface area (Å²) in [5.74, 6) is 0. The molecular formula is C11H26N2. The molecule has 0 saturated heterocycles. The molecule has 0 aliphatic rings. The Labute approximate surface area is 83.3 Å². The van der Waals surface area contributed by atoms with Gasteiger partial charge in [0.25, 0.3) is 0 Å². The molecular weight excluding hydrogens is 160 g/mol. The fourth-order valence-electron chi connectivity index (χ4n) is 1.36. The largest absolute Gasteiger partial charge is 0.327 e. The summed E-state index contributed by atoms with van der Waals surface area (Å²) >= 11 is 0. The molecule has 2 nitrogen and oxygen atoms in total. The quantitative estimate of drug-likeness (QED) is 0.542. The highest BCUT2D eigenvalue weighted by molar-refractivity contribution is 4.63. The maximum Gasteiger partial charge on any atom is 0.0165 e. The summed E-state index contributed by atoms with van der Waals surface area (Å²) in [4.78, 5) is 0. The molecule has 0 fully saturated rings. The van der Waals surface area contributed by atoms with E-state index < -0.39 is 0 Å². The lowest BCUT2D eigenvalue weighted by atomic mass is 10.1. The van der Waals surface area contributed by atoms with Crippen molar-refractivity contribution in [2.24, 2.45) is 5.73 Å². The average Bonchev–Trinajstić information content (AvgIpc) is 2.14. The minimum atomic E-state index is 0.363. The van der Waals surface area contributed by atoms with Crippen LogP contribution in [-0.2, 0) is 0 Å². The van der Waals surface area contributed by atoms with Gasteiger partial charge in [-0.3, -0.25) is 0 Å². The highest BCUT2D eigenvalue weighted by atomic mass is 14.9. The van der Waals surface area contributed by atoms with Gasteiger partial charge >= 0.3 is 0 Å². The van der Waals surface area contributed by atoms with Crippen molar-refractivity contribution in [3.05, 3.63) is 0 Å². The van der Waals surface area contributed by atoms with Crippen molar-refractivity contribution >= 4 is 0 Å². The van der Waals surface area contributed by atoms with E-state index in [1.807, 2.05) is 0 Å². The van der Waals surface area contributed by atoms with Gasteiger partial charge in [0.15, 0.2) is 0 Å². The van der Waals surface area contributed by atoms with Crippen LogP contribution in [-0.4, -0.2) is 19.1 Å². The molecule has 0 aromatic carbocycles. The SMILES string of the molecule is CCCCCNCC(N)CCCC. The molecule has 0 aliphatic carbocycles. The smallest absolute Gasteiger partial charge is 0.0165 e. The maximum atomic E-state index is 5.91. The number of nitrogens with one attached hydrogen (secondary N) is 1. The molecule has 3 N–H and O–H groups in total. The van der Waals surface area contributed by atoms with Crippen LogP contribution in [0.4, 0.5) is 0 Å². The van der Waals surface area contributed by atoms with Crippen molar-refractivity contribution in [3.63, 3.8) is 0 Å². The third-order valence-corrected chi connectivity index (χ3v) is 2.29. The van der Waals surface area contributed by atoms with Crippen molar-refractivity contribution in [1.82, 2.24) is 5.32 Å². The highest BCUT2D eigenvalue weighted by Crippen LogP contribution is 1.97. The van der Waals surface area contributed by atoms with Crippen LogP contribution in [0.25, 0.3) is 0 Å². The van der Waals surface area contributed by atoms with Gasteiger partial charge in [0, 0.05) is 12.6 Å². The first-order valence-electron chi connectivity index (χ1n) is 5.77. The topological polar surface area (TPSA) is 38.0 Å². The summed E-state index contributed by atoms with van der Waals surface area (Å²) in [6.07, 6.45) is 7.59. The van der Waals surface area contributed by atoms with Crippen LogP contribution in [0.5, 0.6) is 0 Å². The van der Waals surface area contributed by atoms with Gasteiger partial charge in [0.1, 0.15) is 0 Å². The Morgan fingerprint density at radius 1 is 1.08 bits per heavy atom. The average molecular weight is 186 g/mol. The summed E-state index contributed by atoms with van der Waals surface area (Å²) in [5, 5.41) is 3.40. The van der Waals surface area contributed by atoms with Gasteiger partial charge in [-0.25, -0.2) is 0 Å². The molecule has 0 rings (SSSR count). The van der Waals surface area contributed by atoms with Crippen LogP contribution in [0.1, 0.15) is 52.4 Å². The molecule has 0 bridgehead atoms. The fourth-order valence-corrected chi connectivity index (χ4v) is 1.36. The van der Waals surface area contributed by atoms with Crippen LogP contribution >= 0.6 is 0 Å². The van der Waals surface area contributed by atoms with Gasteiger partial charge in [0.2, 0.25) is 0 Å². The van der Waals surface area contributed by atoms with Gasteiger partial charge in [-0.1, -0.05) is 39.5 Å². The number of nitrogens with two attached hydrogens (primary N) is 1. The Morgan fingerprint density at radius 2 is 1.77 bits per heavy atom. The van der Waals surface area contributed by atoms with E-state index in [1.165, 1.54) is 32.1 Å². The van der Waals surface area contributed by atoms with Gasteiger partial charge in [0.05, 0.1) is 0 Å². The molecule has 0 aromatic rings. The van der Waals surface area contributed by atoms with E-state index in [-0.39, 0.29) is 0 Å². The Morgan fingerprint density at radius 3 is 2.38 bits per heavy atom. The van der Waals surface area contributed by atoms with E-state index >= 15 is 0 Å². The summed E-state index contributed by atoms with van der Waals surface area (Å²) in [7, 11) is 0. The van der Waals surface area contributed by atoms with Gasteiger partial charge in [-0.2, -0.15) is 0 Å². The molecule has 0 spiro atoms. The van der Waals surface area contributed by atoms with Gasteiger partial charge in [-0.15, -0.1) is 0 Å². The molecule has 0 aromatic heterocycles. The minimum absolute atomic E-state index is 0.363. The van der Waals surface area contributed by atoms with Gasteiger partial charge in [-0.05, 0) is 19.4 Å². The molecule has 1 unspecified atom stereocenters. The van der Waals surface area contributed by atoms with Crippen LogP contribution < -0.4 is 11.1 Å². The molecule has 0 aliphatic heterocycles. The van der Waals surface area contributed by atoms with E-state index in [2.05, 4.69) is 19.2 Å². The van der Waals surface area contributed by atoms with E-state index in [9.17, 15) is 0 Å². The molecule has 13 heavy (non-hydrogen) atoms. The monoisotopic (exact) mass is 186 g/mol. The number of hydrogen-bond acceptors (Lipinski definition) is 2.